The molecule has 1 unspecified atom stereocenters. The van der Waals surface area contributed by atoms with Gasteiger partial charge in [0.2, 0.25) is 0 Å². The van der Waals surface area contributed by atoms with Crippen LogP contribution >= 0.6 is 0 Å². The fraction of sp³-hybridized carbons (Fsp3) is 0.556. The Labute approximate surface area is 184 Å². The maximum Gasteiger partial charge on any atom is 0.194 e. The molecule has 10 atom stereocenters. The zero-order valence-electron chi connectivity index (χ0n) is 18.4. The van der Waals surface area contributed by atoms with E-state index >= 15 is 0 Å². The van der Waals surface area contributed by atoms with E-state index in [0.29, 0.717) is 18.0 Å². The highest BCUT2D eigenvalue weighted by Crippen LogP contribution is 2.71. The molecule has 4 saturated heterocycles. The standard InChI is InChI=1S/C27H33N2O2/c1-3-17-18-13-21-24-27(19-11-7-8-12-20(19)28(24)2)14-22(23(18)25(27)30)29(21,26(17)31)15-16-9-5-4-6-10-16/h4-12,17-18,21-26,30-31H,3,13-15H2,1-2H3/q+1/t17-,18+,21+,22-,23+,24+,25-,26+,27+,29?/m0/s1. The van der Waals surface area contributed by atoms with Crippen LogP contribution in [0.25, 0.3) is 0 Å². The molecule has 2 aromatic carbocycles. The summed E-state index contributed by atoms with van der Waals surface area (Å²) in [5.74, 6) is 1.01. The molecule has 1 spiro atoms. The van der Waals surface area contributed by atoms with E-state index in [2.05, 4.69) is 73.5 Å². The minimum atomic E-state index is -0.337. The van der Waals surface area contributed by atoms with Crippen LogP contribution < -0.4 is 4.90 Å². The summed E-state index contributed by atoms with van der Waals surface area (Å²) >= 11 is 0. The van der Waals surface area contributed by atoms with E-state index in [-0.39, 0.29) is 35.6 Å². The zero-order valence-corrected chi connectivity index (χ0v) is 18.4. The van der Waals surface area contributed by atoms with Crippen molar-refractivity contribution in [2.24, 2.45) is 17.8 Å². The number of hydrogen-bond acceptors (Lipinski definition) is 3. The number of piperidine rings is 4. The number of benzene rings is 2. The maximum atomic E-state index is 12.1. The Morgan fingerprint density at radius 3 is 2.55 bits per heavy atom. The van der Waals surface area contributed by atoms with E-state index in [1.54, 1.807) is 0 Å². The first kappa shape index (κ1) is 18.7. The van der Waals surface area contributed by atoms with Crippen LogP contribution in [-0.4, -0.2) is 52.2 Å². The lowest BCUT2D eigenvalue weighted by Crippen LogP contribution is -2.82. The molecule has 5 heterocycles. The molecule has 1 saturated carbocycles. The van der Waals surface area contributed by atoms with Gasteiger partial charge in [0, 0.05) is 43.0 Å². The largest absolute Gasteiger partial charge is 0.392 e. The summed E-state index contributed by atoms with van der Waals surface area (Å²) in [6.45, 7) is 3.11. The maximum absolute atomic E-state index is 12.1. The molecule has 2 aromatic rings. The number of fused-ring (bicyclic) bond motifs is 2. The summed E-state index contributed by atoms with van der Waals surface area (Å²) in [4.78, 5) is 2.47. The molecule has 0 aromatic heterocycles. The van der Waals surface area contributed by atoms with Crippen molar-refractivity contribution in [3.63, 3.8) is 0 Å². The van der Waals surface area contributed by atoms with Gasteiger partial charge < -0.3 is 15.1 Å². The van der Waals surface area contributed by atoms with Gasteiger partial charge in [-0.05, 0) is 24.0 Å². The molecule has 8 rings (SSSR count). The first-order chi connectivity index (χ1) is 15.1. The van der Waals surface area contributed by atoms with Crippen molar-refractivity contribution in [1.29, 1.82) is 0 Å². The predicted molar refractivity (Wildman–Crippen MR) is 120 cm³/mol. The van der Waals surface area contributed by atoms with Crippen molar-refractivity contribution in [3.05, 3.63) is 65.7 Å². The number of anilines is 1. The van der Waals surface area contributed by atoms with Crippen molar-refractivity contribution in [3.8, 4) is 0 Å². The molecule has 4 nitrogen and oxygen atoms in total. The summed E-state index contributed by atoms with van der Waals surface area (Å²) in [7, 11) is 2.23. The van der Waals surface area contributed by atoms with Gasteiger partial charge in [-0.1, -0.05) is 55.5 Å². The van der Waals surface area contributed by atoms with Gasteiger partial charge in [0.25, 0.3) is 0 Å². The number of para-hydroxylation sites is 1. The smallest absolute Gasteiger partial charge is 0.194 e. The summed E-state index contributed by atoms with van der Waals surface area (Å²) in [6, 6.07) is 20.5. The molecule has 1 aliphatic carbocycles. The first-order valence-corrected chi connectivity index (χ1v) is 12.1. The molecule has 4 heteroatoms. The second-order valence-electron chi connectivity index (χ2n) is 11.0. The average molecular weight is 418 g/mol. The molecule has 31 heavy (non-hydrogen) atoms. The quantitative estimate of drug-likeness (QED) is 0.754. The Morgan fingerprint density at radius 2 is 1.77 bits per heavy atom. The van der Waals surface area contributed by atoms with Crippen LogP contribution in [-0.2, 0) is 12.0 Å². The lowest BCUT2D eigenvalue weighted by atomic mass is 9.60. The van der Waals surface area contributed by atoms with E-state index in [0.717, 1.165) is 30.3 Å². The van der Waals surface area contributed by atoms with Crippen LogP contribution in [0.4, 0.5) is 5.69 Å². The molecule has 6 aliphatic rings. The van der Waals surface area contributed by atoms with E-state index in [1.165, 1.54) is 16.8 Å². The van der Waals surface area contributed by atoms with Gasteiger partial charge in [0.15, 0.2) is 6.23 Å². The topological polar surface area (TPSA) is 43.7 Å². The van der Waals surface area contributed by atoms with Crippen LogP contribution in [0.2, 0.25) is 0 Å². The molecule has 5 aliphatic heterocycles. The van der Waals surface area contributed by atoms with Crippen LogP contribution in [0.15, 0.2) is 54.6 Å². The molecule has 5 bridgehead atoms. The Hall–Kier alpha value is -1.88. The molecule has 0 amide bonds. The van der Waals surface area contributed by atoms with E-state index in [4.69, 9.17) is 0 Å². The van der Waals surface area contributed by atoms with Gasteiger partial charge in [0.1, 0.15) is 12.6 Å². The van der Waals surface area contributed by atoms with Gasteiger partial charge >= 0.3 is 0 Å². The average Bonchev–Trinajstić information content (AvgIpc) is 3.18. The first-order valence-electron chi connectivity index (χ1n) is 12.1. The van der Waals surface area contributed by atoms with Crippen LogP contribution in [0.3, 0.4) is 0 Å². The normalized spacial score (nSPS) is 48.2. The Kier molecular flexibility index (Phi) is 3.56. The molecule has 162 valence electrons. The molecular formula is C27H33N2O2+. The second kappa shape index (κ2) is 5.92. The van der Waals surface area contributed by atoms with Gasteiger partial charge in [-0.3, -0.25) is 4.48 Å². The third-order valence-electron chi connectivity index (χ3n) is 10.4. The van der Waals surface area contributed by atoms with Crippen molar-refractivity contribution >= 4 is 5.69 Å². The molecule has 2 N–H and O–H groups in total. The van der Waals surface area contributed by atoms with Crippen molar-refractivity contribution < 1.29 is 14.7 Å². The zero-order chi connectivity index (χ0) is 21.1. The molecule has 0 radical (unpaired) electrons. The van der Waals surface area contributed by atoms with Crippen LogP contribution in [0, 0.1) is 17.8 Å². The Bertz CT molecular complexity index is 1040. The highest BCUT2D eigenvalue weighted by Gasteiger charge is 2.82. The minimum Gasteiger partial charge on any atom is -0.392 e. The second-order valence-corrected chi connectivity index (χ2v) is 11.0. The number of quaternary nitrogens is 1. The summed E-state index contributed by atoms with van der Waals surface area (Å²) < 4.78 is 0.769. The number of rotatable bonds is 3. The lowest BCUT2D eigenvalue weighted by Gasteiger charge is -2.68. The van der Waals surface area contributed by atoms with Crippen molar-refractivity contribution in [2.75, 3.05) is 11.9 Å². The monoisotopic (exact) mass is 417 g/mol. The van der Waals surface area contributed by atoms with Gasteiger partial charge in [-0.15, -0.1) is 0 Å². The predicted octanol–water partition coefficient (Wildman–Crippen LogP) is 3.27. The number of aliphatic hydroxyl groups is 2. The van der Waals surface area contributed by atoms with E-state index in [1.807, 2.05) is 0 Å². The third-order valence-corrected chi connectivity index (χ3v) is 10.4. The van der Waals surface area contributed by atoms with Gasteiger partial charge in [0.05, 0.1) is 23.6 Å². The van der Waals surface area contributed by atoms with Gasteiger partial charge in [-0.25, -0.2) is 0 Å². The van der Waals surface area contributed by atoms with Gasteiger partial charge in [-0.2, -0.15) is 0 Å². The number of aliphatic hydroxyl groups excluding tert-OH is 2. The number of hydrogen-bond donors (Lipinski definition) is 2. The molecular weight excluding hydrogens is 384 g/mol. The van der Waals surface area contributed by atoms with Crippen LogP contribution in [0.1, 0.15) is 37.3 Å². The lowest BCUT2D eigenvalue weighted by molar-refractivity contribution is -1.05. The number of likely N-dealkylation sites (N-methyl/N-ethyl adjacent to an activating group) is 1. The molecule has 5 fully saturated rings. The fourth-order valence-corrected chi connectivity index (χ4v) is 9.60. The Morgan fingerprint density at radius 1 is 1.03 bits per heavy atom. The van der Waals surface area contributed by atoms with E-state index < -0.39 is 0 Å². The van der Waals surface area contributed by atoms with Crippen molar-refractivity contribution in [1.82, 2.24) is 0 Å². The minimum absolute atomic E-state index is 0.180. The highest BCUT2D eigenvalue weighted by molar-refractivity contribution is 5.66. The Balaban J connectivity index is 1.47. The van der Waals surface area contributed by atoms with Crippen LogP contribution in [0.5, 0.6) is 0 Å². The summed E-state index contributed by atoms with van der Waals surface area (Å²) in [5, 5.41) is 24.1. The van der Waals surface area contributed by atoms with E-state index in [9.17, 15) is 10.2 Å². The summed E-state index contributed by atoms with van der Waals surface area (Å²) in [5.41, 5.74) is 3.78. The summed E-state index contributed by atoms with van der Waals surface area (Å²) in [6.07, 6.45) is 2.47. The fourth-order valence-electron chi connectivity index (χ4n) is 9.60. The van der Waals surface area contributed by atoms with Crippen molar-refractivity contribution in [2.45, 2.75) is 68.6 Å². The number of nitrogens with zero attached hydrogens (tertiary/aromatic N) is 2. The third kappa shape index (κ3) is 1.88. The highest BCUT2D eigenvalue weighted by atomic mass is 16.3. The SMILES string of the molecule is CC[C@H]1[C@H]2C[C@@H]3[C@H]4N(C)c5ccccc5[C@]45C[C@@H]([C@@H]2[C@@H]5O)[N+]3(Cc2ccccc2)[C@@H]1O.